The lowest BCUT2D eigenvalue weighted by molar-refractivity contribution is -0.117. The van der Waals surface area contributed by atoms with Gasteiger partial charge in [0.2, 0.25) is 11.8 Å². The van der Waals surface area contributed by atoms with E-state index in [1.165, 1.54) is 0 Å². The van der Waals surface area contributed by atoms with Crippen LogP contribution in [-0.2, 0) is 4.79 Å². The number of para-hydroxylation sites is 1. The lowest BCUT2D eigenvalue weighted by Crippen LogP contribution is -2.31. The maximum Gasteiger partial charge on any atom is 0.254 e. The van der Waals surface area contributed by atoms with Gasteiger partial charge in [0.25, 0.3) is 5.91 Å². The van der Waals surface area contributed by atoms with E-state index in [9.17, 15) is 9.59 Å². The Kier molecular flexibility index (Phi) is 4.10. The van der Waals surface area contributed by atoms with Crippen LogP contribution in [0.1, 0.15) is 47.9 Å². The first-order valence-electron chi connectivity index (χ1n) is 7.56. The molecule has 0 saturated carbocycles. The van der Waals surface area contributed by atoms with Crippen molar-refractivity contribution >= 4 is 17.5 Å². The summed E-state index contributed by atoms with van der Waals surface area (Å²) in [6, 6.07) is 6.69. The minimum atomic E-state index is -0.411. The number of anilines is 1. The van der Waals surface area contributed by atoms with Crippen LogP contribution in [0.25, 0.3) is 0 Å². The van der Waals surface area contributed by atoms with Crippen molar-refractivity contribution in [2.24, 2.45) is 0 Å². The number of aromatic nitrogens is 2. The Hall–Kier alpha value is -2.70. The zero-order valence-electron chi connectivity index (χ0n) is 13.1. The van der Waals surface area contributed by atoms with Gasteiger partial charge in [-0.15, -0.1) is 0 Å². The molecule has 1 atom stereocenters. The number of carbonyl (C=O) groups is 2. The normalized spacial score (nSPS) is 15.7. The second-order valence-electron chi connectivity index (χ2n) is 5.54. The minimum Gasteiger partial charge on any atom is -0.340 e. The topological polar surface area (TPSA) is 88.3 Å². The van der Waals surface area contributed by atoms with Gasteiger partial charge in [-0.1, -0.05) is 17.3 Å². The molecule has 0 aliphatic carbocycles. The first kappa shape index (κ1) is 15.2. The first-order valence-corrected chi connectivity index (χ1v) is 7.56. The summed E-state index contributed by atoms with van der Waals surface area (Å²) in [5.74, 6) is 0.643. The molecule has 0 radical (unpaired) electrons. The van der Waals surface area contributed by atoms with Gasteiger partial charge < -0.3 is 14.7 Å². The van der Waals surface area contributed by atoms with Crippen LogP contribution in [-0.4, -0.2) is 28.5 Å². The average molecular weight is 314 g/mol. The van der Waals surface area contributed by atoms with Crippen LogP contribution >= 0.6 is 0 Å². The summed E-state index contributed by atoms with van der Waals surface area (Å²) < 4.78 is 5.07. The molecular formula is C16H18N4O3. The Bertz CT molecular complexity index is 740. The lowest BCUT2D eigenvalue weighted by Gasteiger charge is -2.20. The molecule has 1 aliphatic rings. The first-order chi connectivity index (χ1) is 11.1. The van der Waals surface area contributed by atoms with Crippen LogP contribution in [0.2, 0.25) is 0 Å². The number of aryl methyl sites for hydroxylation is 1. The maximum absolute atomic E-state index is 12.6. The van der Waals surface area contributed by atoms with Gasteiger partial charge >= 0.3 is 0 Å². The van der Waals surface area contributed by atoms with E-state index in [1.54, 1.807) is 36.9 Å². The summed E-state index contributed by atoms with van der Waals surface area (Å²) in [5.41, 5.74) is 1.10. The molecule has 1 aromatic heterocycles. The monoisotopic (exact) mass is 314 g/mol. The largest absolute Gasteiger partial charge is 0.340 e. The quantitative estimate of drug-likeness (QED) is 0.932. The van der Waals surface area contributed by atoms with Gasteiger partial charge in [-0.25, -0.2) is 0 Å². The number of nitrogens with zero attached hydrogens (tertiary/aromatic N) is 3. The molecule has 1 fully saturated rings. The molecule has 2 heterocycles. The molecule has 23 heavy (non-hydrogen) atoms. The predicted octanol–water partition coefficient (Wildman–Crippen LogP) is 2.00. The second-order valence-corrected chi connectivity index (χ2v) is 5.54. The molecule has 1 N–H and O–H groups in total. The van der Waals surface area contributed by atoms with E-state index in [0.29, 0.717) is 35.9 Å². The van der Waals surface area contributed by atoms with Crippen LogP contribution < -0.4 is 10.2 Å². The highest BCUT2D eigenvalue weighted by molar-refractivity contribution is 6.05. The summed E-state index contributed by atoms with van der Waals surface area (Å²) in [4.78, 5) is 30.3. The molecule has 7 nitrogen and oxygen atoms in total. The summed E-state index contributed by atoms with van der Waals surface area (Å²) in [6.07, 6.45) is 1.33. The summed E-state index contributed by atoms with van der Waals surface area (Å²) in [5, 5.41) is 6.55. The highest BCUT2D eigenvalue weighted by Gasteiger charge is 2.26. The fourth-order valence-electron chi connectivity index (χ4n) is 2.63. The van der Waals surface area contributed by atoms with E-state index in [1.807, 2.05) is 6.07 Å². The highest BCUT2D eigenvalue weighted by atomic mass is 16.5. The molecule has 1 unspecified atom stereocenters. The molecule has 2 aromatic rings. The van der Waals surface area contributed by atoms with Crippen molar-refractivity contribution < 1.29 is 14.1 Å². The van der Waals surface area contributed by atoms with Gasteiger partial charge in [-0.2, -0.15) is 4.98 Å². The third-order valence-electron chi connectivity index (χ3n) is 3.77. The number of carbonyl (C=O) groups excluding carboxylic acids is 2. The Morgan fingerprint density at radius 1 is 1.39 bits per heavy atom. The van der Waals surface area contributed by atoms with Crippen LogP contribution in [0.15, 0.2) is 28.8 Å². The standard InChI is InChI=1S/C16H18N4O3/c1-10(16-18-11(2)19-23-16)17-15(22)12-6-3-4-7-13(12)20-9-5-8-14(20)21/h3-4,6-7,10H,5,8-9H2,1-2H3,(H,17,22). The number of rotatable bonds is 4. The van der Waals surface area contributed by atoms with E-state index in [-0.39, 0.29) is 11.8 Å². The Morgan fingerprint density at radius 3 is 2.83 bits per heavy atom. The molecule has 2 amide bonds. The zero-order chi connectivity index (χ0) is 16.4. The molecule has 1 aromatic carbocycles. The molecular weight excluding hydrogens is 296 g/mol. The lowest BCUT2D eigenvalue weighted by atomic mass is 10.1. The molecule has 1 saturated heterocycles. The average Bonchev–Trinajstić information content (AvgIpc) is 3.15. The van der Waals surface area contributed by atoms with Crippen molar-refractivity contribution in [2.45, 2.75) is 32.7 Å². The highest BCUT2D eigenvalue weighted by Crippen LogP contribution is 2.25. The maximum atomic E-state index is 12.6. The predicted molar refractivity (Wildman–Crippen MR) is 82.9 cm³/mol. The van der Waals surface area contributed by atoms with Crippen LogP contribution in [0.5, 0.6) is 0 Å². The molecule has 7 heteroatoms. The molecule has 1 aliphatic heterocycles. The van der Waals surface area contributed by atoms with Crippen LogP contribution in [0.4, 0.5) is 5.69 Å². The Morgan fingerprint density at radius 2 is 2.17 bits per heavy atom. The van der Waals surface area contributed by atoms with E-state index in [0.717, 1.165) is 6.42 Å². The molecule has 3 rings (SSSR count). The van der Waals surface area contributed by atoms with Crippen LogP contribution in [0, 0.1) is 6.92 Å². The van der Waals surface area contributed by atoms with Crippen molar-refractivity contribution in [3.8, 4) is 0 Å². The third-order valence-corrected chi connectivity index (χ3v) is 3.77. The van der Waals surface area contributed by atoms with Gasteiger partial charge in [0.1, 0.15) is 6.04 Å². The van der Waals surface area contributed by atoms with Crippen molar-refractivity contribution in [1.82, 2.24) is 15.5 Å². The number of hydrogen-bond donors (Lipinski definition) is 1. The summed E-state index contributed by atoms with van der Waals surface area (Å²) in [6.45, 7) is 4.13. The van der Waals surface area contributed by atoms with Gasteiger partial charge in [0, 0.05) is 13.0 Å². The third kappa shape index (κ3) is 3.08. The summed E-state index contributed by atoms with van der Waals surface area (Å²) >= 11 is 0. The summed E-state index contributed by atoms with van der Waals surface area (Å²) in [7, 11) is 0. The van der Waals surface area contributed by atoms with Gasteiger partial charge in [-0.3, -0.25) is 9.59 Å². The van der Waals surface area contributed by atoms with Crippen LogP contribution in [0.3, 0.4) is 0 Å². The van der Waals surface area contributed by atoms with Gasteiger partial charge in [-0.05, 0) is 32.4 Å². The van der Waals surface area contributed by atoms with Crippen molar-refractivity contribution in [2.75, 3.05) is 11.4 Å². The zero-order valence-corrected chi connectivity index (χ0v) is 13.1. The van der Waals surface area contributed by atoms with E-state index >= 15 is 0 Å². The SMILES string of the molecule is Cc1noc(C(C)NC(=O)c2ccccc2N2CCCC2=O)n1. The van der Waals surface area contributed by atoms with E-state index < -0.39 is 6.04 Å². The fourth-order valence-corrected chi connectivity index (χ4v) is 2.63. The smallest absolute Gasteiger partial charge is 0.254 e. The fraction of sp³-hybridized carbons (Fsp3) is 0.375. The number of hydrogen-bond acceptors (Lipinski definition) is 5. The number of benzene rings is 1. The Balaban J connectivity index is 1.81. The number of amides is 2. The minimum absolute atomic E-state index is 0.0471. The van der Waals surface area contributed by atoms with Gasteiger partial charge in [0.15, 0.2) is 5.82 Å². The van der Waals surface area contributed by atoms with Crippen molar-refractivity contribution in [3.05, 3.63) is 41.5 Å². The van der Waals surface area contributed by atoms with Crippen molar-refractivity contribution in [3.63, 3.8) is 0 Å². The molecule has 120 valence electrons. The number of nitrogens with one attached hydrogen (secondary N) is 1. The van der Waals surface area contributed by atoms with E-state index in [4.69, 9.17) is 4.52 Å². The van der Waals surface area contributed by atoms with Gasteiger partial charge in [0.05, 0.1) is 11.3 Å². The van der Waals surface area contributed by atoms with Crippen molar-refractivity contribution in [1.29, 1.82) is 0 Å². The Labute approximate surface area is 133 Å². The molecule has 0 spiro atoms. The van der Waals surface area contributed by atoms with E-state index in [2.05, 4.69) is 15.5 Å². The second kappa shape index (κ2) is 6.20. The molecule has 0 bridgehead atoms.